The fourth-order valence-corrected chi connectivity index (χ4v) is 2.88. The van der Waals surface area contributed by atoms with Crippen molar-refractivity contribution < 1.29 is 9.15 Å². The Labute approximate surface area is 157 Å². The van der Waals surface area contributed by atoms with E-state index in [0.717, 1.165) is 48.0 Å². The van der Waals surface area contributed by atoms with Crippen LogP contribution >= 0.6 is 0 Å². The standard InChI is InChI=1S/C21H22N4O2/c1-2-3-13-26-17-9-7-16(8-10-17)19-20(23-15-18-6-4-14-27-18)25-12-5-11-22-21(25)24-19/h4-12,14,23H,2-3,13,15H2,1H3. The third-order valence-electron chi connectivity index (χ3n) is 4.31. The summed E-state index contributed by atoms with van der Waals surface area (Å²) >= 11 is 0. The topological polar surface area (TPSA) is 64.6 Å². The van der Waals surface area contributed by atoms with Gasteiger partial charge >= 0.3 is 0 Å². The summed E-state index contributed by atoms with van der Waals surface area (Å²) in [5.74, 6) is 3.27. The maximum Gasteiger partial charge on any atom is 0.235 e. The zero-order chi connectivity index (χ0) is 18.5. The third kappa shape index (κ3) is 3.79. The lowest BCUT2D eigenvalue weighted by Gasteiger charge is -2.09. The molecule has 0 radical (unpaired) electrons. The summed E-state index contributed by atoms with van der Waals surface area (Å²) in [6, 6.07) is 13.7. The molecular weight excluding hydrogens is 340 g/mol. The first-order chi connectivity index (χ1) is 13.3. The minimum Gasteiger partial charge on any atom is -0.494 e. The van der Waals surface area contributed by atoms with Gasteiger partial charge in [-0.25, -0.2) is 9.97 Å². The Hall–Kier alpha value is -3.28. The predicted molar refractivity (Wildman–Crippen MR) is 105 cm³/mol. The van der Waals surface area contributed by atoms with Gasteiger partial charge in [0.25, 0.3) is 0 Å². The number of rotatable bonds is 8. The van der Waals surface area contributed by atoms with Gasteiger partial charge in [-0.2, -0.15) is 0 Å². The maximum atomic E-state index is 5.76. The number of hydrogen-bond donors (Lipinski definition) is 1. The van der Waals surface area contributed by atoms with Crippen LogP contribution in [-0.2, 0) is 6.54 Å². The van der Waals surface area contributed by atoms with Crippen molar-refractivity contribution in [3.63, 3.8) is 0 Å². The van der Waals surface area contributed by atoms with Crippen molar-refractivity contribution in [3.05, 3.63) is 66.9 Å². The van der Waals surface area contributed by atoms with Crippen LogP contribution < -0.4 is 10.1 Å². The molecule has 138 valence electrons. The highest BCUT2D eigenvalue weighted by molar-refractivity contribution is 5.75. The lowest BCUT2D eigenvalue weighted by molar-refractivity contribution is 0.309. The highest BCUT2D eigenvalue weighted by Crippen LogP contribution is 2.30. The molecule has 4 aromatic rings. The number of nitrogens with one attached hydrogen (secondary N) is 1. The van der Waals surface area contributed by atoms with E-state index in [2.05, 4.69) is 17.2 Å². The summed E-state index contributed by atoms with van der Waals surface area (Å²) in [4.78, 5) is 9.07. The van der Waals surface area contributed by atoms with Crippen LogP contribution in [0.5, 0.6) is 5.75 Å². The molecule has 0 spiro atoms. The number of unbranched alkanes of at least 4 members (excludes halogenated alkanes) is 1. The van der Waals surface area contributed by atoms with Crippen LogP contribution in [-0.4, -0.2) is 21.0 Å². The zero-order valence-corrected chi connectivity index (χ0v) is 15.3. The third-order valence-corrected chi connectivity index (χ3v) is 4.31. The fourth-order valence-electron chi connectivity index (χ4n) is 2.88. The highest BCUT2D eigenvalue weighted by Gasteiger charge is 2.15. The Balaban J connectivity index is 1.63. The van der Waals surface area contributed by atoms with E-state index in [0.29, 0.717) is 12.3 Å². The van der Waals surface area contributed by atoms with Gasteiger partial charge in [-0.05, 0) is 48.9 Å². The van der Waals surface area contributed by atoms with Crippen LogP contribution in [0.15, 0.2) is 65.5 Å². The van der Waals surface area contributed by atoms with Crippen molar-refractivity contribution in [2.45, 2.75) is 26.3 Å². The van der Waals surface area contributed by atoms with Gasteiger partial charge in [0.05, 0.1) is 19.4 Å². The average molecular weight is 362 g/mol. The van der Waals surface area contributed by atoms with E-state index in [1.54, 1.807) is 12.5 Å². The first kappa shape index (κ1) is 17.1. The lowest BCUT2D eigenvalue weighted by Crippen LogP contribution is -2.03. The minimum atomic E-state index is 0.570. The van der Waals surface area contributed by atoms with Gasteiger partial charge in [0.15, 0.2) is 0 Å². The number of benzene rings is 1. The largest absolute Gasteiger partial charge is 0.494 e. The van der Waals surface area contributed by atoms with Gasteiger partial charge in [-0.1, -0.05) is 13.3 Å². The van der Waals surface area contributed by atoms with Crippen molar-refractivity contribution in [2.24, 2.45) is 0 Å². The van der Waals surface area contributed by atoms with Crippen molar-refractivity contribution >= 4 is 11.6 Å². The molecular formula is C21H22N4O2. The number of anilines is 1. The van der Waals surface area contributed by atoms with Crippen LogP contribution in [0.2, 0.25) is 0 Å². The van der Waals surface area contributed by atoms with E-state index in [-0.39, 0.29) is 0 Å². The van der Waals surface area contributed by atoms with Crippen molar-refractivity contribution in [3.8, 4) is 17.0 Å². The maximum absolute atomic E-state index is 5.76. The molecule has 1 aromatic carbocycles. The molecule has 0 saturated carbocycles. The van der Waals surface area contributed by atoms with Crippen LogP contribution in [0.1, 0.15) is 25.5 Å². The smallest absolute Gasteiger partial charge is 0.235 e. The highest BCUT2D eigenvalue weighted by atomic mass is 16.5. The fraction of sp³-hybridized carbons (Fsp3) is 0.238. The molecule has 6 heteroatoms. The zero-order valence-electron chi connectivity index (χ0n) is 15.3. The number of furan rings is 1. The first-order valence-electron chi connectivity index (χ1n) is 9.17. The second-order valence-corrected chi connectivity index (χ2v) is 6.26. The number of aromatic nitrogens is 3. The Morgan fingerprint density at radius 3 is 2.81 bits per heavy atom. The molecule has 0 amide bonds. The Morgan fingerprint density at radius 1 is 1.15 bits per heavy atom. The molecule has 3 heterocycles. The van der Waals surface area contributed by atoms with Crippen LogP contribution in [0.25, 0.3) is 17.0 Å². The number of ether oxygens (including phenoxy) is 1. The SMILES string of the molecule is CCCCOc1ccc(-c2nc3ncccn3c2NCc2ccco2)cc1. The van der Waals surface area contributed by atoms with E-state index < -0.39 is 0 Å². The van der Waals surface area contributed by atoms with Gasteiger partial charge in [0.2, 0.25) is 5.78 Å². The molecule has 1 N–H and O–H groups in total. The number of fused-ring (bicyclic) bond motifs is 1. The second-order valence-electron chi connectivity index (χ2n) is 6.26. The van der Waals surface area contributed by atoms with Gasteiger partial charge in [0.1, 0.15) is 23.0 Å². The Morgan fingerprint density at radius 2 is 2.04 bits per heavy atom. The van der Waals surface area contributed by atoms with Gasteiger partial charge in [-0.15, -0.1) is 0 Å². The molecule has 0 atom stereocenters. The molecule has 0 fully saturated rings. The first-order valence-corrected chi connectivity index (χ1v) is 9.17. The number of nitrogens with zero attached hydrogens (tertiary/aromatic N) is 3. The van der Waals surface area contributed by atoms with E-state index in [1.807, 2.05) is 53.1 Å². The molecule has 0 saturated heterocycles. The Bertz CT molecular complexity index is 991. The van der Waals surface area contributed by atoms with E-state index in [4.69, 9.17) is 14.1 Å². The average Bonchev–Trinajstić information content (AvgIpc) is 3.35. The van der Waals surface area contributed by atoms with Crippen molar-refractivity contribution in [2.75, 3.05) is 11.9 Å². The second kappa shape index (κ2) is 7.95. The van der Waals surface area contributed by atoms with Crippen molar-refractivity contribution in [1.29, 1.82) is 0 Å². The summed E-state index contributed by atoms with van der Waals surface area (Å²) in [5.41, 5.74) is 1.85. The molecule has 0 unspecified atom stereocenters. The van der Waals surface area contributed by atoms with Gasteiger partial charge in [-0.3, -0.25) is 4.40 Å². The van der Waals surface area contributed by atoms with Crippen LogP contribution in [0.4, 0.5) is 5.82 Å². The molecule has 0 aliphatic heterocycles. The molecule has 0 bridgehead atoms. The minimum absolute atomic E-state index is 0.570. The summed E-state index contributed by atoms with van der Waals surface area (Å²) in [6.45, 7) is 3.46. The summed E-state index contributed by atoms with van der Waals surface area (Å²) in [5, 5.41) is 3.43. The number of imidazole rings is 1. The number of hydrogen-bond acceptors (Lipinski definition) is 5. The molecule has 6 nitrogen and oxygen atoms in total. The monoisotopic (exact) mass is 362 g/mol. The normalized spacial score (nSPS) is 11.0. The van der Waals surface area contributed by atoms with E-state index >= 15 is 0 Å². The molecule has 3 aromatic heterocycles. The summed E-state index contributed by atoms with van der Waals surface area (Å²) in [7, 11) is 0. The van der Waals surface area contributed by atoms with Crippen LogP contribution in [0, 0.1) is 0 Å². The Kier molecular flexibility index (Phi) is 5.05. The summed E-state index contributed by atoms with van der Waals surface area (Å²) < 4.78 is 13.1. The summed E-state index contributed by atoms with van der Waals surface area (Å²) in [6.07, 6.45) is 7.54. The lowest BCUT2D eigenvalue weighted by atomic mass is 10.1. The molecule has 0 aliphatic carbocycles. The van der Waals surface area contributed by atoms with Crippen molar-refractivity contribution in [1.82, 2.24) is 14.4 Å². The van der Waals surface area contributed by atoms with Gasteiger partial charge in [0, 0.05) is 18.0 Å². The molecule has 4 rings (SSSR count). The predicted octanol–water partition coefficient (Wildman–Crippen LogP) is 4.78. The van der Waals surface area contributed by atoms with E-state index in [9.17, 15) is 0 Å². The van der Waals surface area contributed by atoms with E-state index in [1.165, 1.54) is 0 Å². The molecule has 27 heavy (non-hydrogen) atoms. The van der Waals surface area contributed by atoms with Gasteiger partial charge < -0.3 is 14.5 Å². The molecule has 0 aliphatic rings. The quantitative estimate of drug-likeness (QED) is 0.457. The van der Waals surface area contributed by atoms with Crippen LogP contribution in [0.3, 0.4) is 0 Å².